The number of carbonyl (C=O) groups is 2. The summed E-state index contributed by atoms with van der Waals surface area (Å²) in [6, 6.07) is 8.31. The van der Waals surface area contributed by atoms with Crippen molar-refractivity contribution in [2.75, 3.05) is 6.54 Å². The average Bonchev–Trinajstić information content (AvgIpc) is 3.74. The van der Waals surface area contributed by atoms with E-state index in [2.05, 4.69) is 46.3 Å². The lowest BCUT2D eigenvalue weighted by Crippen LogP contribution is -3.12. The highest BCUT2D eigenvalue weighted by Crippen LogP contribution is 3.09. The minimum Gasteiger partial charge on any atom is -0.408 e. The molecular weight excluding hydrogens is 516 g/mol. The number of benzene rings is 1. The first-order valence-electron chi connectivity index (χ1n) is 13.3. The first-order chi connectivity index (χ1) is 19.5. The van der Waals surface area contributed by atoms with E-state index in [0.29, 0.717) is 58.8 Å². The molecule has 0 aliphatic heterocycles. The van der Waals surface area contributed by atoms with Crippen molar-refractivity contribution in [3.8, 4) is 0 Å². The smallest absolute Gasteiger partial charge is 0.408 e. The van der Waals surface area contributed by atoms with E-state index in [0.717, 1.165) is 11.4 Å². The highest BCUT2D eigenvalue weighted by molar-refractivity contribution is 5.98. The third kappa shape index (κ3) is 2.02. The fourth-order valence-corrected chi connectivity index (χ4v) is 9.79. The van der Waals surface area contributed by atoms with Gasteiger partial charge in [0.15, 0.2) is 17.1 Å². The van der Waals surface area contributed by atoms with E-state index in [4.69, 9.17) is 4.42 Å². The molecule has 6 fully saturated rings. The second-order valence-corrected chi connectivity index (χ2v) is 11.8. The normalized spacial score (nSPS) is 34.7. The predicted octanol–water partition coefficient (Wildman–Crippen LogP) is 0.0263. The van der Waals surface area contributed by atoms with Crippen LogP contribution in [0.1, 0.15) is 32.4 Å². The van der Waals surface area contributed by atoms with Crippen LogP contribution in [0.15, 0.2) is 45.7 Å². The quantitative estimate of drug-likeness (QED) is 0.222. The number of oxazole rings is 1. The van der Waals surface area contributed by atoms with Crippen LogP contribution in [-0.2, 0) is 12.0 Å². The summed E-state index contributed by atoms with van der Waals surface area (Å²) in [7, 11) is 0. The van der Waals surface area contributed by atoms with Gasteiger partial charge in [-0.2, -0.15) is 10.3 Å². The van der Waals surface area contributed by atoms with Crippen LogP contribution < -0.4 is 16.4 Å². The molecule has 4 N–H and O–H groups in total. The number of amides is 2. The Hall–Kier alpha value is -4.88. The van der Waals surface area contributed by atoms with Gasteiger partial charge in [-0.05, 0) is 58.6 Å². The molecule has 14 nitrogen and oxygen atoms in total. The van der Waals surface area contributed by atoms with Crippen LogP contribution in [0.5, 0.6) is 0 Å². The summed E-state index contributed by atoms with van der Waals surface area (Å²) in [5, 5.41) is 25.3. The van der Waals surface area contributed by atoms with Crippen molar-refractivity contribution < 1.29 is 14.0 Å². The Kier molecular flexibility index (Phi) is 3.39. The Balaban J connectivity index is 0.859. The van der Waals surface area contributed by atoms with Gasteiger partial charge in [-0.1, -0.05) is 11.3 Å². The lowest BCUT2D eigenvalue weighted by Gasteiger charge is -3.11. The molecule has 0 spiro atoms. The van der Waals surface area contributed by atoms with Crippen LogP contribution in [0, 0.1) is 40.9 Å². The van der Waals surface area contributed by atoms with E-state index in [9.17, 15) is 14.4 Å². The first kappa shape index (κ1) is 21.0. The number of nitrogens with zero attached hydrogens (tertiary/aromatic N) is 6. The van der Waals surface area contributed by atoms with Gasteiger partial charge >= 0.3 is 5.76 Å². The maximum atomic E-state index is 13.4. The Morgan fingerprint density at radius 1 is 1.02 bits per heavy atom. The second-order valence-electron chi connectivity index (χ2n) is 11.8. The Bertz CT molecular complexity index is 1950. The molecule has 0 unspecified atom stereocenters. The van der Waals surface area contributed by atoms with Crippen molar-refractivity contribution in [1.82, 2.24) is 50.8 Å². The van der Waals surface area contributed by atoms with Crippen molar-refractivity contribution in [3.05, 3.63) is 69.9 Å². The molecule has 1 aromatic carbocycles. The molecule has 5 aromatic rings. The summed E-state index contributed by atoms with van der Waals surface area (Å²) in [5.74, 6) is 3.44. The molecule has 40 heavy (non-hydrogen) atoms. The maximum Gasteiger partial charge on any atom is 0.417 e. The monoisotopic (exact) mass is 536 g/mol. The fourth-order valence-electron chi connectivity index (χ4n) is 9.79. The maximum absolute atomic E-state index is 13.4. The Morgan fingerprint density at radius 2 is 1.85 bits per heavy atom. The summed E-state index contributed by atoms with van der Waals surface area (Å²) >= 11 is 0. The standard InChI is InChI=1S/C26H20N10O4/c37-21(27-7-9-1-2-13-10(5-9)31-24(39)40-13)11-6-12(36-14(30-11)3-4-29-36)22(38)28-8-25-15-18-16(25)20-17(25)19(15)26(18,20)23-32-34-35-33-23/h1-6,15-20H,7-8H2,(H,27,37)(H,28,38)(H,31,39)(H,32,33,34,35). The van der Waals surface area contributed by atoms with Crippen LogP contribution in [0.3, 0.4) is 0 Å². The number of aromatic nitrogens is 8. The lowest BCUT2D eigenvalue weighted by molar-refractivity contribution is -0.627. The zero-order valence-electron chi connectivity index (χ0n) is 20.7. The molecule has 2 amide bonds. The van der Waals surface area contributed by atoms with Gasteiger partial charge in [0, 0.05) is 30.6 Å². The van der Waals surface area contributed by atoms with Gasteiger partial charge in [0.25, 0.3) is 11.8 Å². The van der Waals surface area contributed by atoms with Crippen molar-refractivity contribution in [1.29, 1.82) is 0 Å². The second kappa shape index (κ2) is 6.46. The largest absolute Gasteiger partial charge is 0.417 e. The molecule has 0 saturated heterocycles. The number of rotatable bonds is 7. The van der Waals surface area contributed by atoms with E-state index in [1.165, 1.54) is 10.6 Å². The van der Waals surface area contributed by atoms with Crippen LogP contribution in [0.4, 0.5) is 0 Å². The first-order valence-corrected chi connectivity index (χ1v) is 13.3. The number of hydrogen-bond acceptors (Lipinski definition) is 9. The number of fused-ring (bicyclic) bond motifs is 2. The van der Waals surface area contributed by atoms with E-state index in [-0.39, 0.29) is 34.7 Å². The third-order valence-corrected chi connectivity index (χ3v) is 10.9. The zero-order chi connectivity index (χ0) is 26.5. The molecule has 6 saturated carbocycles. The highest BCUT2D eigenvalue weighted by Gasteiger charge is 3.10. The summed E-state index contributed by atoms with van der Waals surface area (Å²) < 4.78 is 6.48. The van der Waals surface area contributed by atoms with Gasteiger partial charge in [0.2, 0.25) is 0 Å². The lowest BCUT2D eigenvalue weighted by atomic mass is 8.92. The molecule has 11 rings (SSSR count). The number of carbonyl (C=O) groups excluding carboxylic acids is 2. The van der Waals surface area contributed by atoms with E-state index in [1.54, 1.807) is 30.5 Å². The third-order valence-electron chi connectivity index (χ3n) is 10.9. The van der Waals surface area contributed by atoms with Crippen LogP contribution >= 0.6 is 0 Å². The average molecular weight is 537 g/mol. The molecule has 6 aliphatic carbocycles. The van der Waals surface area contributed by atoms with Crippen LogP contribution in [-0.4, -0.2) is 58.6 Å². The molecule has 0 atom stereocenters. The van der Waals surface area contributed by atoms with Gasteiger partial charge in [0.1, 0.15) is 11.4 Å². The van der Waals surface area contributed by atoms with Gasteiger partial charge in [0.05, 0.1) is 11.7 Å². The molecule has 6 aliphatic rings. The Morgan fingerprint density at radius 3 is 2.62 bits per heavy atom. The molecule has 14 heteroatoms. The van der Waals surface area contributed by atoms with Gasteiger partial charge in [-0.3, -0.25) is 14.6 Å². The van der Waals surface area contributed by atoms with E-state index >= 15 is 0 Å². The predicted molar refractivity (Wildman–Crippen MR) is 133 cm³/mol. The molecule has 4 aromatic heterocycles. The van der Waals surface area contributed by atoms with Crippen LogP contribution in [0.2, 0.25) is 0 Å². The van der Waals surface area contributed by atoms with Crippen molar-refractivity contribution in [3.63, 3.8) is 0 Å². The zero-order valence-corrected chi connectivity index (χ0v) is 20.7. The number of hydrogen-bond donors (Lipinski definition) is 4. The minimum absolute atomic E-state index is 0.120. The molecular formula is C26H20N10O4. The summed E-state index contributed by atoms with van der Waals surface area (Å²) in [4.78, 5) is 44.9. The molecule has 0 bridgehead atoms. The fraction of sp³-hybridized carbons (Fsp3) is 0.385. The highest BCUT2D eigenvalue weighted by atomic mass is 16.4. The van der Waals surface area contributed by atoms with Gasteiger partial charge < -0.3 is 15.1 Å². The SMILES string of the molecule is O=C(NCc1ccc2oc(=O)[nH]c2c1)c1cc(C(=O)NCC23C4C5C2C2C3C4C52c2nn[nH]n2)n2nccc2n1. The number of tetrazole rings is 1. The summed E-state index contributed by atoms with van der Waals surface area (Å²) in [5.41, 5.74) is 2.93. The van der Waals surface area contributed by atoms with E-state index in [1.807, 2.05) is 0 Å². The molecule has 4 heterocycles. The molecule has 0 radical (unpaired) electrons. The van der Waals surface area contributed by atoms with Crippen molar-refractivity contribution in [2.45, 2.75) is 12.0 Å². The Labute approximate surface area is 222 Å². The van der Waals surface area contributed by atoms with Gasteiger partial charge in [-0.15, -0.1) is 10.2 Å². The number of aromatic amines is 2. The van der Waals surface area contributed by atoms with Crippen molar-refractivity contribution >= 4 is 28.6 Å². The number of H-pyrrole nitrogens is 2. The summed E-state index contributed by atoms with van der Waals surface area (Å²) in [6.45, 7) is 0.833. The summed E-state index contributed by atoms with van der Waals surface area (Å²) in [6.07, 6.45) is 1.55. The molecule has 198 valence electrons. The van der Waals surface area contributed by atoms with Crippen LogP contribution in [0.25, 0.3) is 16.7 Å². The minimum atomic E-state index is -0.534. The van der Waals surface area contributed by atoms with E-state index < -0.39 is 11.7 Å². The van der Waals surface area contributed by atoms with Crippen molar-refractivity contribution in [2.24, 2.45) is 40.9 Å². The van der Waals surface area contributed by atoms with Gasteiger partial charge in [-0.25, -0.2) is 14.3 Å². The number of nitrogens with one attached hydrogen (secondary N) is 4. The topological polar surface area (TPSA) is 189 Å².